The van der Waals surface area contributed by atoms with Gasteiger partial charge in [-0.3, -0.25) is 4.79 Å². The van der Waals surface area contributed by atoms with E-state index < -0.39 is 24.2 Å². The van der Waals surface area contributed by atoms with Crippen molar-refractivity contribution in [1.82, 2.24) is 5.32 Å². The van der Waals surface area contributed by atoms with Gasteiger partial charge in [-0.25, -0.2) is 0 Å². The molecule has 2 unspecified atom stereocenters. The van der Waals surface area contributed by atoms with Crippen LogP contribution in [0, 0.1) is 0 Å². The number of amides is 1. The van der Waals surface area contributed by atoms with Gasteiger partial charge in [0.25, 0.3) is 5.91 Å². The van der Waals surface area contributed by atoms with E-state index in [9.17, 15) is 15.0 Å². The molecule has 0 aromatic heterocycles. The fourth-order valence-corrected chi connectivity index (χ4v) is 3.00. The highest BCUT2D eigenvalue weighted by atomic mass is 16.4. The highest BCUT2D eigenvalue weighted by molar-refractivity contribution is 5.81. The molecule has 0 rings (SSSR count). The van der Waals surface area contributed by atoms with Gasteiger partial charge >= 0.3 is 0 Å². The molecular weight excluding hydrogens is 330 g/mol. The Morgan fingerprint density at radius 3 is 1.62 bits per heavy atom. The van der Waals surface area contributed by atoms with Crippen LogP contribution in [0.1, 0.15) is 104 Å². The molecule has 0 aromatic carbocycles. The average molecular weight is 374 g/mol. The first-order valence-corrected chi connectivity index (χ1v) is 10.7. The smallest absolute Gasteiger partial charge is 0.251 e. The van der Waals surface area contributed by atoms with Crippen LogP contribution in [0.3, 0.4) is 0 Å². The van der Waals surface area contributed by atoms with Gasteiger partial charge in [-0.2, -0.15) is 0 Å². The third-order valence-electron chi connectivity index (χ3n) is 4.99. The second kappa shape index (κ2) is 16.5. The predicted molar refractivity (Wildman–Crippen MR) is 107 cm³/mol. The van der Waals surface area contributed by atoms with Crippen LogP contribution >= 0.6 is 0 Å². The number of carbonyl (C=O) groups is 1. The van der Waals surface area contributed by atoms with Gasteiger partial charge in [0, 0.05) is 6.54 Å². The highest BCUT2D eigenvalue weighted by Gasteiger charge is 2.34. The minimum Gasteiger partial charge on any atom is -0.393 e. The fourth-order valence-electron chi connectivity index (χ4n) is 3.00. The lowest BCUT2D eigenvalue weighted by atomic mass is 10.00. The molecule has 1 amide bonds. The monoisotopic (exact) mass is 373 g/mol. The molecule has 5 nitrogen and oxygen atoms in total. The summed E-state index contributed by atoms with van der Waals surface area (Å²) in [7, 11) is 0. The van der Waals surface area contributed by atoms with Crippen LogP contribution in [0.25, 0.3) is 0 Å². The number of rotatable bonds is 18. The minimum absolute atomic E-state index is 0.495. The van der Waals surface area contributed by atoms with Crippen LogP contribution in [0.4, 0.5) is 0 Å². The van der Waals surface area contributed by atoms with Crippen molar-refractivity contribution in [2.24, 2.45) is 0 Å². The Morgan fingerprint density at radius 2 is 1.23 bits per heavy atom. The van der Waals surface area contributed by atoms with Crippen LogP contribution < -0.4 is 5.32 Å². The topological polar surface area (TPSA) is 89.8 Å². The Balaban J connectivity index is 3.33. The van der Waals surface area contributed by atoms with Crippen molar-refractivity contribution in [2.45, 2.75) is 115 Å². The molecule has 5 heteroatoms. The van der Waals surface area contributed by atoms with Crippen molar-refractivity contribution < 1.29 is 20.1 Å². The summed E-state index contributed by atoms with van der Waals surface area (Å²) in [4.78, 5) is 11.7. The molecule has 0 fully saturated rings. The summed E-state index contributed by atoms with van der Waals surface area (Å²) >= 11 is 0. The lowest BCUT2D eigenvalue weighted by Gasteiger charge is -2.25. The number of unbranched alkanes of at least 4 members (excludes halogenated alkanes) is 13. The van der Waals surface area contributed by atoms with Gasteiger partial charge in [0.2, 0.25) is 0 Å². The Hall–Kier alpha value is -0.650. The number of aliphatic hydroxyl groups is 3. The molecule has 0 aromatic rings. The molecular formula is C21H43NO4. The largest absolute Gasteiger partial charge is 0.393 e. The van der Waals surface area contributed by atoms with E-state index in [0.717, 1.165) is 12.8 Å². The molecule has 0 aliphatic heterocycles. The first kappa shape index (κ1) is 25.4. The van der Waals surface area contributed by atoms with Crippen molar-refractivity contribution in [2.75, 3.05) is 13.2 Å². The summed E-state index contributed by atoms with van der Waals surface area (Å²) in [5, 5.41) is 30.8. The molecule has 4 N–H and O–H groups in total. The van der Waals surface area contributed by atoms with Crippen molar-refractivity contribution in [3.63, 3.8) is 0 Å². The van der Waals surface area contributed by atoms with E-state index in [2.05, 4.69) is 12.2 Å². The summed E-state index contributed by atoms with van der Waals surface area (Å²) in [6.07, 6.45) is 16.4. The van der Waals surface area contributed by atoms with Gasteiger partial charge in [-0.1, -0.05) is 90.4 Å². The number of nitrogens with one attached hydrogen (secondary N) is 1. The summed E-state index contributed by atoms with van der Waals surface area (Å²) in [6.45, 7) is 3.34. The maximum atomic E-state index is 11.7. The van der Waals surface area contributed by atoms with Crippen LogP contribution in [-0.4, -0.2) is 46.1 Å². The van der Waals surface area contributed by atoms with Crippen LogP contribution in [0.15, 0.2) is 0 Å². The normalized spacial score (nSPS) is 14.8. The Bertz CT molecular complexity index is 334. The lowest BCUT2D eigenvalue weighted by Crippen LogP contribution is -2.51. The van der Waals surface area contributed by atoms with Crippen molar-refractivity contribution in [3.8, 4) is 0 Å². The van der Waals surface area contributed by atoms with Crippen LogP contribution in [0.5, 0.6) is 0 Å². The quantitative estimate of drug-likeness (QED) is 0.276. The molecule has 0 bridgehead atoms. The fraction of sp³-hybridized carbons (Fsp3) is 0.952. The van der Waals surface area contributed by atoms with E-state index in [0.29, 0.717) is 6.54 Å². The Kier molecular flexibility index (Phi) is 16.1. The molecule has 0 saturated heterocycles. The predicted octanol–water partition coefficient (Wildman–Crippen LogP) is 3.69. The first-order valence-electron chi connectivity index (χ1n) is 10.7. The van der Waals surface area contributed by atoms with Crippen molar-refractivity contribution in [3.05, 3.63) is 0 Å². The van der Waals surface area contributed by atoms with Gasteiger partial charge < -0.3 is 20.6 Å². The van der Waals surface area contributed by atoms with Gasteiger partial charge in [0.15, 0.2) is 6.10 Å². The van der Waals surface area contributed by atoms with E-state index in [-0.39, 0.29) is 0 Å². The number of aliphatic hydroxyl groups excluding tert-OH is 2. The average Bonchev–Trinajstić information content (AvgIpc) is 2.64. The molecule has 156 valence electrons. The second-order valence-corrected chi connectivity index (χ2v) is 7.81. The maximum absolute atomic E-state index is 11.7. The number of carbonyl (C=O) groups excluding carboxylic acids is 1. The molecule has 2 atom stereocenters. The summed E-state index contributed by atoms with van der Waals surface area (Å²) in [5.74, 6) is -0.626. The third kappa shape index (κ3) is 13.5. The molecule has 26 heavy (non-hydrogen) atoms. The first-order chi connectivity index (χ1) is 12.5. The Labute approximate surface area is 160 Å². The summed E-state index contributed by atoms with van der Waals surface area (Å²) in [5.41, 5.74) is -1.79. The van der Waals surface area contributed by atoms with E-state index in [1.54, 1.807) is 0 Å². The maximum Gasteiger partial charge on any atom is 0.251 e. The van der Waals surface area contributed by atoms with Gasteiger partial charge in [-0.05, 0) is 13.3 Å². The lowest BCUT2D eigenvalue weighted by molar-refractivity contribution is -0.148. The van der Waals surface area contributed by atoms with Crippen LogP contribution in [-0.2, 0) is 4.79 Å². The highest BCUT2D eigenvalue weighted by Crippen LogP contribution is 2.13. The van der Waals surface area contributed by atoms with E-state index in [1.165, 1.54) is 84.0 Å². The second-order valence-electron chi connectivity index (χ2n) is 7.81. The minimum atomic E-state index is -1.79. The van der Waals surface area contributed by atoms with Crippen molar-refractivity contribution in [1.29, 1.82) is 0 Å². The summed E-state index contributed by atoms with van der Waals surface area (Å²) < 4.78 is 0. The molecule has 0 heterocycles. The third-order valence-corrected chi connectivity index (χ3v) is 4.99. The molecule has 0 aliphatic rings. The van der Waals surface area contributed by atoms with Gasteiger partial charge in [-0.15, -0.1) is 0 Å². The molecule has 0 spiro atoms. The van der Waals surface area contributed by atoms with E-state index in [4.69, 9.17) is 5.11 Å². The van der Waals surface area contributed by atoms with E-state index >= 15 is 0 Å². The van der Waals surface area contributed by atoms with Crippen molar-refractivity contribution >= 4 is 5.91 Å². The SMILES string of the molecule is CCCCCCCCCCCCCCCCNC(=O)C(O)C(C)(O)CO. The van der Waals surface area contributed by atoms with Gasteiger partial charge in [0.1, 0.15) is 5.60 Å². The van der Waals surface area contributed by atoms with Crippen LogP contribution in [0.2, 0.25) is 0 Å². The zero-order chi connectivity index (χ0) is 19.7. The molecule has 0 aliphatic carbocycles. The zero-order valence-corrected chi connectivity index (χ0v) is 17.1. The molecule has 0 radical (unpaired) electrons. The van der Waals surface area contributed by atoms with E-state index in [1.807, 2.05) is 0 Å². The van der Waals surface area contributed by atoms with Gasteiger partial charge in [0.05, 0.1) is 6.61 Å². The number of hydrogen-bond donors (Lipinski definition) is 4. The Morgan fingerprint density at radius 1 is 0.846 bits per heavy atom. The number of hydrogen-bond acceptors (Lipinski definition) is 4. The molecule has 0 saturated carbocycles. The summed E-state index contributed by atoms with van der Waals surface area (Å²) in [6, 6.07) is 0. The standard InChI is InChI=1S/C21H43NO4/c1-3-4-5-6-7-8-9-10-11-12-13-14-15-16-17-22-20(25)19(24)21(2,26)18-23/h19,23-24,26H,3-18H2,1-2H3,(H,22,25). The zero-order valence-electron chi connectivity index (χ0n) is 17.1.